The molecule has 1 atom stereocenters. The molecular weight excluding hydrogens is 370 g/mol. The molecule has 8 nitrogen and oxygen atoms in total. The first-order valence-electron chi connectivity index (χ1n) is 9.43. The van der Waals surface area contributed by atoms with E-state index >= 15 is 0 Å². The molecule has 0 radical (unpaired) electrons. The van der Waals surface area contributed by atoms with Crippen LogP contribution in [0.25, 0.3) is 17.0 Å². The first kappa shape index (κ1) is 16.2. The minimum Gasteiger partial charge on any atom is -0.468 e. The number of fused-ring (bicyclic) bond motifs is 3. The Morgan fingerprint density at radius 1 is 1.17 bits per heavy atom. The molecule has 4 aromatic heterocycles. The summed E-state index contributed by atoms with van der Waals surface area (Å²) in [7, 11) is 0. The Hall–Kier alpha value is -3.81. The monoisotopic (exact) mass is 385 g/mol. The molecule has 0 aromatic carbocycles. The van der Waals surface area contributed by atoms with Crippen molar-refractivity contribution in [2.24, 2.45) is 0 Å². The summed E-state index contributed by atoms with van der Waals surface area (Å²) >= 11 is 0. The predicted molar refractivity (Wildman–Crippen MR) is 101 cm³/mol. The van der Waals surface area contributed by atoms with Gasteiger partial charge in [-0.3, -0.25) is 9.78 Å². The summed E-state index contributed by atoms with van der Waals surface area (Å²) in [6, 6.07) is 7.42. The SMILES string of the molecule is O=C1CCCC2=C1C(c1ccco1)c1c(ncn3nc(-c4cccnc4)nc13)O2. The molecule has 6 rings (SSSR count). The highest BCUT2D eigenvalue weighted by atomic mass is 16.5. The molecule has 1 aliphatic heterocycles. The Kier molecular flexibility index (Phi) is 3.40. The molecule has 0 spiro atoms. The summed E-state index contributed by atoms with van der Waals surface area (Å²) in [6.45, 7) is 0. The van der Waals surface area contributed by atoms with Crippen LogP contribution >= 0.6 is 0 Å². The van der Waals surface area contributed by atoms with Gasteiger partial charge in [-0.1, -0.05) is 0 Å². The molecule has 1 unspecified atom stereocenters. The van der Waals surface area contributed by atoms with Gasteiger partial charge >= 0.3 is 0 Å². The average molecular weight is 385 g/mol. The molecule has 1 aliphatic carbocycles. The van der Waals surface area contributed by atoms with E-state index in [-0.39, 0.29) is 5.78 Å². The average Bonchev–Trinajstić information content (AvgIpc) is 3.43. The predicted octanol–water partition coefficient (Wildman–Crippen LogP) is 3.31. The van der Waals surface area contributed by atoms with E-state index in [4.69, 9.17) is 14.1 Å². The van der Waals surface area contributed by atoms with E-state index < -0.39 is 5.92 Å². The van der Waals surface area contributed by atoms with Gasteiger partial charge in [0.1, 0.15) is 17.8 Å². The zero-order valence-corrected chi connectivity index (χ0v) is 15.3. The number of carbonyl (C=O) groups excluding carboxylic acids is 1. The lowest BCUT2D eigenvalue weighted by Gasteiger charge is -2.30. The fourth-order valence-corrected chi connectivity index (χ4v) is 4.07. The Morgan fingerprint density at radius 3 is 2.97 bits per heavy atom. The van der Waals surface area contributed by atoms with Gasteiger partial charge in [0.15, 0.2) is 17.3 Å². The molecule has 0 fully saturated rings. The second kappa shape index (κ2) is 6.10. The lowest BCUT2D eigenvalue weighted by Crippen LogP contribution is -2.26. The van der Waals surface area contributed by atoms with Crippen molar-refractivity contribution in [1.82, 2.24) is 24.6 Å². The van der Waals surface area contributed by atoms with Crippen molar-refractivity contribution < 1.29 is 13.9 Å². The number of allylic oxidation sites excluding steroid dienone is 2. The minimum atomic E-state index is -0.418. The maximum atomic E-state index is 12.9. The van der Waals surface area contributed by atoms with Crippen LogP contribution in [0.1, 0.15) is 36.5 Å². The highest BCUT2D eigenvalue weighted by molar-refractivity contribution is 5.99. The van der Waals surface area contributed by atoms with Gasteiger partial charge in [-0.05, 0) is 30.7 Å². The number of carbonyl (C=O) groups is 1. The van der Waals surface area contributed by atoms with Crippen molar-refractivity contribution in [3.8, 4) is 17.3 Å². The summed E-state index contributed by atoms with van der Waals surface area (Å²) in [5.41, 5.74) is 2.71. The van der Waals surface area contributed by atoms with Gasteiger partial charge in [-0.25, -0.2) is 14.5 Å². The van der Waals surface area contributed by atoms with E-state index in [1.54, 1.807) is 29.5 Å². The van der Waals surface area contributed by atoms with Crippen molar-refractivity contribution in [1.29, 1.82) is 0 Å². The molecule has 4 aromatic rings. The number of Topliss-reactive ketones (excluding diaryl/α,β-unsaturated/α-hetero) is 1. The number of nitrogens with zero attached hydrogens (tertiary/aromatic N) is 5. The van der Waals surface area contributed by atoms with E-state index in [9.17, 15) is 4.79 Å². The van der Waals surface area contributed by atoms with Crippen molar-refractivity contribution in [3.63, 3.8) is 0 Å². The Balaban J connectivity index is 1.62. The van der Waals surface area contributed by atoms with E-state index in [1.165, 1.54) is 0 Å². The number of ketones is 1. The first-order chi connectivity index (χ1) is 14.3. The zero-order valence-electron chi connectivity index (χ0n) is 15.3. The quantitative estimate of drug-likeness (QED) is 0.522. The first-order valence-corrected chi connectivity index (χ1v) is 9.43. The van der Waals surface area contributed by atoms with Crippen LogP contribution in [0.3, 0.4) is 0 Å². The van der Waals surface area contributed by atoms with Crippen molar-refractivity contribution in [3.05, 3.63) is 71.9 Å². The van der Waals surface area contributed by atoms with E-state index in [1.807, 2.05) is 24.3 Å². The standard InChI is InChI=1S/C21H15N5O3/c27-13-5-1-6-15-16(13)17(14-7-3-9-28-14)18-20-24-19(12-4-2-8-22-10-12)25-26(20)11-23-21(18)29-15/h2-4,7-11,17H,1,5-6H2. The van der Waals surface area contributed by atoms with Gasteiger partial charge < -0.3 is 9.15 Å². The normalized spacial score (nSPS) is 18.5. The molecule has 29 heavy (non-hydrogen) atoms. The van der Waals surface area contributed by atoms with Crippen LogP contribution in [0, 0.1) is 0 Å². The van der Waals surface area contributed by atoms with Gasteiger partial charge in [0.2, 0.25) is 5.88 Å². The third-order valence-electron chi connectivity index (χ3n) is 5.34. The molecule has 0 bridgehead atoms. The fraction of sp³-hybridized carbons (Fsp3) is 0.190. The number of rotatable bonds is 2. The zero-order chi connectivity index (χ0) is 19.4. The second-order valence-corrected chi connectivity index (χ2v) is 7.07. The third kappa shape index (κ3) is 2.42. The topological polar surface area (TPSA) is 95.4 Å². The molecule has 142 valence electrons. The van der Waals surface area contributed by atoms with Gasteiger partial charge in [0, 0.05) is 36.4 Å². The largest absolute Gasteiger partial charge is 0.468 e. The van der Waals surface area contributed by atoms with Crippen LogP contribution < -0.4 is 4.74 Å². The molecule has 2 aliphatic rings. The summed E-state index contributed by atoms with van der Waals surface area (Å²) in [5.74, 6) is 1.97. The molecule has 5 heterocycles. The maximum absolute atomic E-state index is 12.9. The molecule has 8 heteroatoms. The van der Waals surface area contributed by atoms with Crippen molar-refractivity contribution in [2.45, 2.75) is 25.2 Å². The van der Waals surface area contributed by atoms with Gasteiger partial charge in [0.05, 0.1) is 17.7 Å². The lowest BCUT2D eigenvalue weighted by atomic mass is 9.80. The van der Waals surface area contributed by atoms with Crippen LogP contribution in [0.5, 0.6) is 5.88 Å². The Morgan fingerprint density at radius 2 is 2.14 bits per heavy atom. The summed E-state index contributed by atoms with van der Waals surface area (Å²) in [5, 5.41) is 4.55. The smallest absolute Gasteiger partial charge is 0.228 e. The van der Waals surface area contributed by atoms with E-state index in [2.05, 4.69) is 15.1 Å². The maximum Gasteiger partial charge on any atom is 0.228 e. The molecule has 0 saturated heterocycles. The molecule has 0 saturated carbocycles. The summed E-state index contributed by atoms with van der Waals surface area (Å²) < 4.78 is 13.4. The molecular formula is C21H15N5O3. The van der Waals surface area contributed by atoms with Gasteiger partial charge in [-0.15, -0.1) is 5.10 Å². The highest BCUT2D eigenvalue weighted by Crippen LogP contribution is 2.47. The van der Waals surface area contributed by atoms with Crippen LogP contribution in [0.2, 0.25) is 0 Å². The summed E-state index contributed by atoms with van der Waals surface area (Å²) in [4.78, 5) is 26.2. The molecule has 0 amide bonds. The number of aromatic nitrogens is 5. The van der Waals surface area contributed by atoms with Gasteiger partial charge in [0.25, 0.3) is 0 Å². The van der Waals surface area contributed by atoms with Crippen LogP contribution in [-0.4, -0.2) is 30.3 Å². The van der Waals surface area contributed by atoms with E-state index in [0.29, 0.717) is 52.8 Å². The van der Waals surface area contributed by atoms with Crippen LogP contribution in [0.4, 0.5) is 0 Å². The second-order valence-electron chi connectivity index (χ2n) is 7.07. The number of hydrogen-bond acceptors (Lipinski definition) is 7. The number of hydrogen-bond donors (Lipinski definition) is 0. The van der Waals surface area contributed by atoms with E-state index in [0.717, 1.165) is 12.0 Å². The van der Waals surface area contributed by atoms with Crippen molar-refractivity contribution in [2.75, 3.05) is 0 Å². The lowest BCUT2D eigenvalue weighted by molar-refractivity contribution is -0.116. The number of furan rings is 1. The Bertz CT molecular complexity index is 1270. The Labute approximate surface area is 164 Å². The third-order valence-corrected chi connectivity index (χ3v) is 5.34. The van der Waals surface area contributed by atoms with Gasteiger partial charge in [-0.2, -0.15) is 0 Å². The highest BCUT2D eigenvalue weighted by Gasteiger charge is 2.40. The number of ether oxygens (including phenoxy) is 1. The van der Waals surface area contributed by atoms with Crippen LogP contribution in [-0.2, 0) is 4.79 Å². The van der Waals surface area contributed by atoms with Crippen LogP contribution in [0.15, 0.2) is 65.0 Å². The number of pyridine rings is 1. The summed E-state index contributed by atoms with van der Waals surface area (Å²) in [6.07, 6.45) is 8.58. The fourth-order valence-electron chi connectivity index (χ4n) is 4.07. The minimum absolute atomic E-state index is 0.0762. The van der Waals surface area contributed by atoms with Crippen molar-refractivity contribution >= 4 is 11.4 Å². The molecule has 0 N–H and O–H groups in total.